The van der Waals surface area contributed by atoms with E-state index in [2.05, 4.69) is 11.1 Å². The first-order chi connectivity index (χ1) is 13.5. The normalized spacial score (nSPS) is 43.0. The van der Waals surface area contributed by atoms with E-state index in [9.17, 15) is 23.1 Å². The first-order valence-corrected chi connectivity index (χ1v) is 11.9. The van der Waals surface area contributed by atoms with Crippen LogP contribution in [0.25, 0.3) is 0 Å². The summed E-state index contributed by atoms with van der Waals surface area (Å²) in [6, 6.07) is 0. The van der Waals surface area contributed by atoms with Crippen molar-refractivity contribution in [3.05, 3.63) is 11.6 Å². The van der Waals surface area contributed by atoms with Gasteiger partial charge in [-0.05, 0) is 73.2 Å². The molecule has 4 aliphatic rings. The van der Waals surface area contributed by atoms with Crippen molar-refractivity contribution in [3.8, 4) is 0 Å². The molecule has 163 valence electrons. The minimum Gasteiger partial charge on any atom is -0.393 e. The fraction of sp³-hybridized carbons (Fsp3) is 0.810. The van der Waals surface area contributed by atoms with Crippen LogP contribution in [0.4, 0.5) is 0 Å². The van der Waals surface area contributed by atoms with E-state index in [-0.39, 0.29) is 92.0 Å². The molecule has 1 radical (unpaired) electrons. The summed E-state index contributed by atoms with van der Waals surface area (Å²) in [6.07, 6.45) is 6.26. The Bertz CT molecular complexity index is 869. The molecule has 0 unspecified atom stereocenters. The Morgan fingerprint density at radius 1 is 1.23 bits per heavy atom. The minimum absolute atomic E-state index is 0. The molecule has 4 aliphatic carbocycles. The van der Waals surface area contributed by atoms with Crippen LogP contribution in [0.5, 0.6) is 0 Å². The second-order valence-corrected chi connectivity index (χ2v) is 11.0. The summed E-state index contributed by atoms with van der Waals surface area (Å²) in [6.45, 7) is 3.56. The van der Waals surface area contributed by atoms with Crippen LogP contribution in [-0.2, 0) is 24.2 Å². The maximum absolute atomic E-state index is 12.7. The molecule has 30 heavy (non-hydrogen) atoms. The third-order valence-corrected chi connectivity index (χ3v) is 9.05. The molecule has 4 rings (SSSR count). The molecule has 9 heteroatoms. The molecule has 7 atom stereocenters. The van der Waals surface area contributed by atoms with E-state index in [4.69, 9.17) is 4.55 Å². The average Bonchev–Trinajstić information content (AvgIpc) is 2.96. The van der Waals surface area contributed by atoms with Gasteiger partial charge in [0.05, 0.1) is 6.10 Å². The van der Waals surface area contributed by atoms with Crippen molar-refractivity contribution in [1.82, 2.24) is 0 Å². The van der Waals surface area contributed by atoms with Crippen LogP contribution in [0.2, 0.25) is 0 Å². The van der Waals surface area contributed by atoms with Crippen molar-refractivity contribution in [2.45, 2.75) is 64.9 Å². The van der Waals surface area contributed by atoms with E-state index in [1.165, 1.54) is 5.57 Å². The van der Waals surface area contributed by atoms with Crippen molar-refractivity contribution >= 4 is 73.4 Å². The Kier molecular flexibility index (Phi) is 7.32. The van der Waals surface area contributed by atoms with Crippen LogP contribution in [0.1, 0.15) is 58.8 Å². The summed E-state index contributed by atoms with van der Waals surface area (Å²) < 4.78 is 34.8. The zero-order valence-corrected chi connectivity index (χ0v) is 21.9. The molecule has 0 spiro atoms. The number of rotatable bonds is 4. The van der Waals surface area contributed by atoms with E-state index in [0.29, 0.717) is 19.3 Å². The number of hydrogen-bond donors (Lipinski definition) is 2. The molecule has 2 N–H and O–H groups in total. The number of carbonyl (C=O) groups excluding carboxylic acids is 2. The van der Waals surface area contributed by atoms with Gasteiger partial charge in [-0.1, -0.05) is 19.4 Å². The first-order valence-electron chi connectivity index (χ1n) is 10.5. The van der Waals surface area contributed by atoms with Gasteiger partial charge in [0.2, 0.25) is 0 Å². The van der Waals surface area contributed by atoms with Gasteiger partial charge in [0.25, 0.3) is 0 Å². The number of Topliss-reactive ketones (excluding diaryl/α,β-unsaturated/α-hetero) is 1. The van der Waals surface area contributed by atoms with Crippen molar-refractivity contribution in [3.63, 3.8) is 0 Å². The van der Waals surface area contributed by atoms with Gasteiger partial charge >= 0.3 is 10.4 Å². The molecule has 0 aliphatic heterocycles. The van der Waals surface area contributed by atoms with Gasteiger partial charge in [0.1, 0.15) is 6.61 Å². The summed E-state index contributed by atoms with van der Waals surface area (Å²) in [7, 11) is -4.66. The van der Waals surface area contributed by atoms with E-state index in [1.54, 1.807) is 6.08 Å². The first kappa shape index (κ1) is 25.2. The Morgan fingerprint density at radius 3 is 2.60 bits per heavy atom. The van der Waals surface area contributed by atoms with Gasteiger partial charge in [0, 0.05) is 63.7 Å². The van der Waals surface area contributed by atoms with Crippen LogP contribution in [0, 0.1) is 34.5 Å². The maximum Gasteiger partial charge on any atom is 0.397 e. The second kappa shape index (κ2) is 8.72. The topological polar surface area (TPSA) is 118 Å². The minimum atomic E-state index is -4.66. The van der Waals surface area contributed by atoms with Crippen LogP contribution in [-0.4, -0.2) is 93.7 Å². The molecule has 7 nitrogen and oxygen atoms in total. The fourth-order valence-corrected chi connectivity index (χ4v) is 7.71. The Hall–Kier alpha value is 0.546. The maximum atomic E-state index is 12.7. The van der Waals surface area contributed by atoms with Gasteiger partial charge < -0.3 is 5.11 Å². The van der Waals surface area contributed by atoms with E-state index in [0.717, 1.165) is 25.7 Å². The predicted octanol–water partition coefficient (Wildman–Crippen LogP) is 2.11. The fourth-order valence-electron chi connectivity index (χ4n) is 7.45. The van der Waals surface area contributed by atoms with Crippen LogP contribution in [0.15, 0.2) is 11.6 Å². The summed E-state index contributed by atoms with van der Waals surface area (Å²) >= 11 is 0. The smallest absolute Gasteiger partial charge is 0.393 e. The number of hydrogen-bond acceptors (Lipinski definition) is 6. The van der Waals surface area contributed by atoms with Crippen molar-refractivity contribution in [1.29, 1.82) is 0 Å². The molecule has 0 aromatic heterocycles. The quantitative estimate of drug-likeness (QED) is 0.482. The van der Waals surface area contributed by atoms with Gasteiger partial charge in [-0.25, -0.2) is 4.18 Å². The van der Waals surface area contributed by atoms with Gasteiger partial charge in [-0.15, -0.1) is 0 Å². The molecule has 0 amide bonds. The molecule has 0 aromatic rings. The third-order valence-electron chi connectivity index (χ3n) is 8.63. The molecule has 3 fully saturated rings. The molecule has 0 heterocycles. The van der Waals surface area contributed by atoms with Gasteiger partial charge in [-0.2, -0.15) is 8.42 Å². The average molecular weight is 466 g/mol. The SMILES string of the molecule is C[C@]12C[C@H](O)[C@H]3[C@@H](CCC4=CC(=O)CC[C@@]43C)[C@@H]1CC[C@@H]2C(=O)COS(=O)(=O)O.[K]. The molecule has 0 aromatic carbocycles. The van der Waals surface area contributed by atoms with E-state index >= 15 is 0 Å². The van der Waals surface area contributed by atoms with E-state index < -0.39 is 28.5 Å². The number of aliphatic hydroxyl groups is 1. The van der Waals surface area contributed by atoms with Gasteiger partial charge in [-0.3, -0.25) is 14.1 Å². The molecule has 0 saturated heterocycles. The standard InChI is InChI=1S/C21H30O7S.K/c1-20-8-7-13(22)9-12(20)3-4-14-15-5-6-16(18(24)11-28-29(25,26)27)21(15,2)10-17(23)19(14)20;/h9,14-17,19,23H,3-8,10-11H2,1-2H3,(H,25,26,27);/t14-,15-,16+,17-,19+,20-,21-;/m0./s1. The molecular formula is C21H30KO7S. The van der Waals surface area contributed by atoms with Crippen LogP contribution >= 0.6 is 0 Å². The zero-order valence-electron chi connectivity index (χ0n) is 18.0. The predicted molar refractivity (Wildman–Crippen MR) is 110 cm³/mol. The summed E-state index contributed by atoms with van der Waals surface area (Å²) in [4.78, 5) is 24.7. The largest absolute Gasteiger partial charge is 0.397 e. The summed E-state index contributed by atoms with van der Waals surface area (Å²) in [5.41, 5.74) is 0.584. The monoisotopic (exact) mass is 465 g/mol. The number of fused-ring (bicyclic) bond motifs is 5. The van der Waals surface area contributed by atoms with Crippen LogP contribution in [0.3, 0.4) is 0 Å². The van der Waals surface area contributed by atoms with Crippen LogP contribution < -0.4 is 0 Å². The molecular weight excluding hydrogens is 435 g/mol. The van der Waals surface area contributed by atoms with Crippen molar-refractivity contribution < 1.29 is 31.8 Å². The Balaban J connectivity index is 0.00000256. The van der Waals surface area contributed by atoms with Gasteiger partial charge in [0.15, 0.2) is 11.6 Å². The van der Waals surface area contributed by atoms with E-state index in [1.807, 2.05) is 6.92 Å². The number of ketones is 2. The zero-order chi connectivity index (χ0) is 21.2. The Labute approximate surface area is 220 Å². The van der Waals surface area contributed by atoms with Crippen molar-refractivity contribution in [2.24, 2.45) is 34.5 Å². The molecule has 3 saturated carbocycles. The number of aliphatic hydroxyl groups excluding tert-OH is 1. The third kappa shape index (κ3) is 4.23. The number of carbonyl (C=O) groups is 2. The number of allylic oxidation sites excluding steroid dienone is 1. The summed E-state index contributed by atoms with van der Waals surface area (Å²) in [5.74, 6) is 0.0886. The molecule has 0 bridgehead atoms. The second-order valence-electron chi connectivity index (χ2n) is 9.95. The summed E-state index contributed by atoms with van der Waals surface area (Å²) in [5, 5.41) is 11.3. The Morgan fingerprint density at radius 2 is 1.93 bits per heavy atom. The van der Waals surface area contributed by atoms with Crippen molar-refractivity contribution in [2.75, 3.05) is 6.61 Å².